The molecule has 2 aromatic rings. The van der Waals surface area contributed by atoms with Gasteiger partial charge in [-0.25, -0.2) is 0 Å². The van der Waals surface area contributed by atoms with Crippen molar-refractivity contribution < 1.29 is 19.1 Å². The van der Waals surface area contributed by atoms with Crippen molar-refractivity contribution in [2.75, 3.05) is 13.7 Å². The Kier molecular flexibility index (Phi) is 8.40. The van der Waals surface area contributed by atoms with Crippen LogP contribution in [0.25, 0.3) is 0 Å². The summed E-state index contributed by atoms with van der Waals surface area (Å²) >= 11 is 0. The first kappa shape index (κ1) is 24.8. The maximum absolute atomic E-state index is 13.0. The van der Waals surface area contributed by atoms with Crippen molar-refractivity contribution in [1.29, 1.82) is 0 Å². The van der Waals surface area contributed by atoms with Crippen LogP contribution in [0.2, 0.25) is 0 Å². The normalized spacial score (nSPS) is 21.9. The largest absolute Gasteiger partial charge is 0.497 e. The first-order chi connectivity index (χ1) is 17.0. The molecule has 2 aliphatic rings. The minimum atomic E-state index is -0.370. The molecular formula is C28H35N3O4. The number of carbonyl (C=O) groups excluding carboxylic acids is 3. The smallest absolute Gasteiger partial charge is 0.251 e. The molecule has 1 aliphatic carbocycles. The molecule has 186 valence electrons. The molecule has 2 N–H and O–H groups in total. The average Bonchev–Trinajstić information content (AvgIpc) is 3.39. The molecule has 0 aromatic heterocycles. The molecule has 4 rings (SSSR count). The molecule has 35 heavy (non-hydrogen) atoms. The highest BCUT2D eigenvalue weighted by atomic mass is 16.5. The molecule has 0 spiro atoms. The van der Waals surface area contributed by atoms with E-state index in [0.29, 0.717) is 24.9 Å². The quantitative estimate of drug-likeness (QED) is 0.609. The number of nitrogens with one attached hydrogen (secondary N) is 2. The van der Waals surface area contributed by atoms with Gasteiger partial charge in [0.15, 0.2) is 0 Å². The third-order valence-corrected chi connectivity index (χ3v) is 7.11. The fourth-order valence-electron chi connectivity index (χ4n) is 5.07. The van der Waals surface area contributed by atoms with Crippen LogP contribution in [0.5, 0.6) is 5.75 Å². The Labute approximate surface area is 207 Å². The maximum atomic E-state index is 13.0. The van der Waals surface area contributed by atoms with Gasteiger partial charge in [0.2, 0.25) is 11.8 Å². The van der Waals surface area contributed by atoms with Crippen LogP contribution in [-0.2, 0) is 16.0 Å². The summed E-state index contributed by atoms with van der Waals surface area (Å²) in [6.07, 6.45) is 5.95. The molecule has 1 aliphatic heterocycles. The number of benzene rings is 2. The molecule has 1 saturated carbocycles. The van der Waals surface area contributed by atoms with Crippen LogP contribution in [0.1, 0.15) is 60.9 Å². The van der Waals surface area contributed by atoms with Crippen molar-refractivity contribution in [2.45, 2.75) is 69.5 Å². The van der Waals surface area contributed by atoms with Gasteiger partial charge in [0.25, 0.3) is 5.91 Å². The SMILES string of the molecule is COc1ccc(C(=O)NC2CCC(NC(=O)[C@H]3CCCN3C(=O)CCc3ccccc3)CC2)cc1. The summed E-state index contributed by atoms with van der Waals surface area (Å²) in [5, 5.41) is 6.28. The highest BCUT2D eigenvalue weighted by Crippen LogP contribution is 2.23. The maximum Gasteiger partial charge on any atom is 0.251 e. The first-order valence-corrected chi connectivity index (χ1v) is 12.6. The van der Waals surface area contributed by atoms with E-state index in [9.17, 15) is 14.4 Å². The van der Waals surface area contributed by atoms with Crippen molar-refractivity contribution in [2.24, 2.45) is 0 Å². The molecule has 1 saturated heterocycles. The zero-order valence-corrected chi connectivity index (χ0v) is 20.4. The van der Waals surface area contributed by atoms with Crippen molar-refractivity contribution in [1.82, 2.24) is 15.5 Å². The van der Waals surface area contributed by atoms with E-state index in [1.165, 1.54) is 0 Å². The second-order valence-electron chi connectivity index (χ2n) is 9.49. The molecule has 2 aromatic carbocycles. The average molecular weight is 478 g/mol. The van der Waals surface area contributed by atoms with Gasteiger partial charge in [-0.1, -0.05) is 30.3 Å². The van der Waals surface area contributed by atoms with Crippen LogP contribution in [0.15, 0.2) is 54.6 Å². The van der Waals surface area contributed by atoms with E-state index in [2.05, 4.69) is 10.6 Å². The number of amides is 3. The van der Waals surface area contributed by atoms with E-state index in [1.54, 1.807) is 36.3 Å². The molecule has 0 unspecified atom stereocenters. The number of hydrogen-bond donors (Lipinski definition) is 2. The zero-order chi connectivity index (χ0) is 24.6. The van der Waals surface area contributed by atoms with Gasteiger partial charge in [-0.15, -0.1) is 0 Å². The Morgan fingerprint density at radius 2 is 1.54 bits per heavy atom. The number of methoxy groups -OCH3 is 1. The predicted octanol–water partition coefficient (Wildman–Crippen LogP) is 3.48. The number of hydrogen-bond acceptors (Lipinski definition) is 4. The lowest BCUT2D eigenvalue weighted by molar-refractivity contribution is -0.138. The summed E-state index contributed by atoms with van der Waals surface area (Å²) in [6, 6.07) is 16.9. The van der Waals surface area contributed by atoms with Crippen LogP contribution in [0, 0.1) is 0 Å². The molecule has 7 nitrogen and oxygen atoms in total. The number of rotatable bonds is 8. The van der Waals surface area contributed by atoms with Crippen molar-refractivity contribution in [3.63, 3.8) is 0 Å². The van der Waals surface area contributed by atoms with Crippen LogP contribution >= 0.6 is 0 Å². The predicted molar refractivity (Wildman–Crippen MR) is 134 cm³/mol. The minimum absolute atomic E-state index is 0.0405. The van der Waals surface area contributed by atoms with E-state index in [4.69, 9.17) is 4.74 Å². The van der Waals surface area contributed by atoms with Gasteiger partial charge in [-0.05, 0) is 74.8 Å². The Morgan fingerprint density at radius 3 is 2.20 bits per heavy atom. The van der Waals surface area contributed by atoms with Gasteiger partial charge in [0.1, 0.15) is 11.8 Å². The van der Waals surface area contributed by atoms with E-state index < -0.39 is 0 Å². The fourth-order valence-corrected chi connectivity index (χ4v) is 5.07. The Balaban J connectivity index is 1.21. The van der Waals surface area contributed by atoms with Gasteiger partial charge >= 0.3 is 0 Å². The standard InChI is InChI=1S/C28H35N3O4/c1-35-24-16-10-21(11-17-24)27(33)29-22-12-14-23(15-13-22)30-28(34)25-8-5-19-31(25)26(32)18-9-20-6-3-2-4-7-20/h2-4,6-7,10-11,16-17,22-23,25H,5,8-9,12-15,18-19H2,1H3,(H,29,33)(H,30,34)/t22?,23?,25-/m1/s1. The molecule has 3 amide bonds. The summed E-state index contributed by atoms with van der Waals surface area (Å²) in [7, 11) is 1.60. The van der Waals surface area contributed by atoms with Gasteiger partial charge in [-0.3, -0.25) is 14.4 Å². The van der Waals surface area contributed by atoms with Crippen LogP contribution in [0.3, 0.4) is 0 Å². The van der Waals surface area contributed by atoms with E-state index >= 15 is 0 Å². The third kappa shape index (κ3) is 6.62. The molecule has 0 radical (unpaired) electrons. The topological polar surface area (TPSA) is 87.7 Å². The van der Waals surface area contributed by atoms with Gasteiger partial charge in [0, 0.05) is 30.6 Å². The summed E-state index contributed by atoms with van der Waals surface area (Å²) in [6.45, 7) is 0.649. The van der Waals surface area contributed by atoms with Crippen LogP contribution in [0.4, 0.5) is 0 Å². The minimum Gasteiger partial charge on any atom is -0.497 e. The highest BCUT2D eigenvalue weighted by molar-refractivity contribution is 5.94. The van der Waals surface area contributed by atoms with Gasteiger partial charge in [-0.2, -0.15) is 0 Å². The van der Waals surface area contributed by atoms with E-state index in [-0.39, 0.29) is 35.8 Å². The Morgan fingerprint density at radius 1 is 0.886 bits per heavy atom. The third-order valence-electron chi connectivity index (χ3n) is 7.11. The van der Waals surface area contributed by atoms with Crippen molar-refractivity contribution in [3.8, 4) is 5.75 Å². The second-order valence-corrected chi connectivity index (χ2v) is 9.49. The molecule has 1 heterocycles. The van der Waals surface area contributed by atoms with Gasteiger partial charge in [0.05, 0.1) is 7.11 Å². The summed E-state index contributed by atoms with van der Waals surface area (Å²) < 4.78 is 5.14. The van der Waals surface area contributed by atoms with E-state index in [0.717, 1.165) is 49.8 Å². The number of likely N-dealkylation sites (tertiary alicyclic amines) is 1. The molecule has 7 heteroatoms. The number of carbonyl (C=O) groups is 3. The molecule has 1 atom stereocenters. The lowest BCUT2D eigenvalue weighted by atomic mass is 9.90. The van der Waals surface area contributed by atoms with Gasteiger partial charge < -0.3 is 20.3 Å². The summed E-state index contributed by atoms with van der Waals surface area (Å²) in [5.74, 6) is 0.644. The number of nitrogens with zero attached hydrogens (tertiary/aromatic N) is 1. The van der Waals surface area contributed by atoms with Crippen molar-refractivity contribution >= 4 is 17.7 Å². The Hall–Kier alpha value is -3.35. The van der Waals surface area contributed by atoms with Crippen LogP contribution in [-0.4, -0.2) is 54.4 Å². The molecular weight excluding hydrogens is 442 g/mol. The summed E-state index contributed by atoms with van der Waals surface area (Å²) in [4.78, 5) is 40.1. The number of ether oxygens (including phenoxy) is 1. The lowest BCUT2D eigenvalue weighted by Gasteiger charge is -2.31. The first-order valence-electron chi connectivity index (χ1n) is 12.6. The number of aryl methyl sites for hydroxylation is 1. The molecule has 0 bridgehead atoms. The Bertz CT molecular complexity index is 1000. The van der Waals surface area contributed by atoms with E-state index in [1.807, 2.05) is 30.3 Å². The lowest BCUT2D eigenvalue weighted by Crippen LogP contribution is -2.50. The zero-order valence-electron chi connectivity index (χ0n) is 20.4. The monoisotopic (exact) mass is 477 g/mol. The second kappa shape index (κ2) is 11.9. The van der Waals surface area contributed by atoms with Crippen LogP contribution < -0.4 is 15.4 Å². The van der Waals surface area contributed by atoms with Crippen molar-refractivity contribution in [3.05, 3.63) is 65.7 Å². The fraction of sp³-hybridized carbons (Fsp3) is 0.464. The highest BCUT2D eigenvalue weighted by Gasteiger charge is 2.35. The summed E-state index contributed by atoms with van der Waals surface area (Å²) in [5.41, 5.74) is 1.75. The molecule has 2 fully saturated rings.